The van der Waals surface area contributed by atoms with Gasteiger partial charge in [0.25, 0.3) is 5.91 Å². The summed E-state index contributed by atoms with van der Waals surface area (Å²) in [5, 5.41) is 0.568. The van der Waals surface area contributed by atoms with E-state index in [1.165, 1.54) is 23.9 Å². The molecular weight excluding hydrogens is 465 g/mol. The Morgan fingerprint density at radius 1 is 1.09 bits per heavy atom. The van der Waals surface area contributed by atoms with Gasteiger partial charge in [-0.05, 0) is 106 Å². The van der Waals surface area contributed by atoms with Crippen molar-refractivity contribution in [1.82, 2.24) is 9.47 Å². The zero-order valence-electron chi connectivity index (χ0n) is 20.0. The quantitative estimate of drug-likeness (QED) is 0.312. The molecule has 1 aromatic heterocycles. The van der Waals surface area contributed by atoms with E-state index < -0.39 is 0 Å². The molecule has 180 valence electrons. The van der Waals surface area contributed by atoms with Crippen LogP contribution in [0.3, 0.4) is 0 Å². The summed E-state index contributed by atoms with van der Waals surface area (Å²) in [7, 11) is 0. The van der Waals surface area contributed by atoms with Crippen molar-refractivity contribution in [3.63, 3.8) is 0 Å². The molecule has 1 fully saturated rings. The maximum absolute atomic E-state index is 13.2. The van der Waals surface area contributed by atoms with Gasteiger partial charge in [0.15, 0.2) is 5.17 Å². The van der Waals surface area contributed by atoms with Crippen molar-refractivity contribution >= 4 is 40.6 Å². The zero-order chi connectivity index (χ0) is 25.1. The average molecular weight is 492 g/mol. The van der Waals surface area contributed by atoms with E-state index in [4.69, 9.17) is 4.74 Å². The van der Waals surface area contributed by atoms with Crippen LogP contribution in [0.1, 0.15) is 41.2 Å². The molecular formula is C27H26FN3O3S. The predicted molar refractivity (Wildman–Crippen MR) is 138 cm³/mol. The molecule has 0 N–H and O–H groups in total. The smallest absolute Gasteiger partial charge is 0.338 e. The first-order chi connectivity index (χ1) is 16.8. The Morgan fingerprint density at radius 3 is 2.40 bits per heavy atom. The number of carbonyl (C=O) groups excluding carboxylic acids is 2. The van der Waals surface area contributed by atoms with Gasteiger partial charge in [0.1, 0.15) is 5.82 Å². The number of amides is 1. The minimum absolute atomic E-state index is 0.109. The van der Waals surface area contributed by atoms with Gasteiger partial charge >= 0.3 is 5.97 Å². The summed E-state index contributed by atoms with van der Waals surface area (Å²) in [4.78, 5) is 31.8. The number of aliphatic imine (C=N–C) groups is 1. The number of benzene rings is 2. The van der Waals surface area contributed by atoms with Crippen LogP contribution in [0.15, 0.2) is 64.5 Å². The molecule has 1 saturated heterocycles. The molecule has 0 unspecified atom stereocenters. The first-order valence-corrected chi connectivity index (χ1v) is 12.2. The number of carbonyl (C=O) groups is 2. The van der Waals surface area contributed by atoms with Gasteiger partial charge in [0, 0.05) is 23.6 Å². The van der Waals surface area contributed by atoms with Crippen LogP contribution in [0.25, 0.3) is 11.8 Å². The monoisotopic (exact) mass is 491 g/mol. The number of nitrogens with zero attached hydrogens (tertiary/aromatic N) is 3. The number of hydrogen-bond acceptors (Lipinski definition) is 5. The van der Waals surface area contributed by atoms with E-state index in [0.29, 0.717) is 34.5 Å². The largest absolute Gasteiger partial charge is 0.462 e. The second-order valence-electron chi connectivity index (χ2n) is 7.96. The van der Waals surface area contributed by atoms with Crippen LogP contribution in [0, 0.1) is 19.7 Å². The number of likely N-dealkylation sites (N-methyl/N-ethyl adjacent to an activating group) is 1. The minimum atomic E-state index is -0.347. The maximum atomic E-state index is 13.2. The number of aromatic nitrogens is 1. The van der Waals surface area contributed by atoms with Gasteiger partial charge in [0.2, 0.25) is 0 Å². The van der Waals surface area contributed by atoms with Gasteiger partial charge in [-0.2, -0.15) is 0 Å². The van der Waals surface area contributed by atoms with Crippen LogP contribution in [0.4, 0.5) is 10.1 Å². The fourth-order valence-corrected chi connectivity index (χ4v) is 4.98. The summed E-state index contributed by atoms with van der Waals surface area (Å²) < 4.78 is 20.4. The van der Waals surface area contributed by atoms with Crippen molar-refractivity contribution in [3.05, 3.63) is 87.8 Å². The van der Waals surface area contributed by atoms with E-state index in [1.807, 2.05) is 45.0 Å². The Labute approximate surface area is 208 Å². The molecule has 0 saturated carbocycles. The van der Waals surface area contributed by atoms with Gasteiger partial charge < -0.3 is 9.30 Å². The predicted octanol–water partition coefficient (Wildman–Crippen LogP) is 6.03. The number of amidine groups is 1. The Hall–Kier alpha value is -3.65. The highest BCUT2D eigenvalue weighted by Gasteiger charge is 2.32. The summed E-state index contributed by atoms with van der Waals surface area (Å²) in [5.74, 6) is -0.786. The van der Waals surface area contributed by atoms with Crippen LogP contribution < -0.4 is 0 Å². The van der Waals surface area contributed by atoms with Crippen LogP contribution in [0.2, 0.25) is 0 Å². The lowest BCUT2D eigenvalue weighted by atomic mass is 10.2. The molecule has 0 bridgehead atoms. The molecule has 1 aliphatic rings. The van der Waals surface area contributed by atoms with E-state index in [9.17, 15) is 14.0 Å². The molecule has 0 aliphatic carbocycles. The van der Waals surface area contributed by atoms with Gasteiger partial charge in [0.05, 0.1) is 22.8 Å². The van der Waals surface area contributed by atoms with E-state index in [1.54, 1.807) is 36.1 Å². The second-order valence-corrected chi connectivity index (χ2v) is 8.97. The number of aryl methyl sites for hydroxylation is 1. The molecule has 6 nitrogen and oxygen atoms in total. The van der Waals surface area contributed by atoms with Crippen molar-refractivity contribution in [1.29, 1.82) is 0 Å². The lowest BCUT2D eigenvalue weighted by Gasteiger charge is -2.12. The highest BCUT2D eigenvalue weighted by atomic mass is 32.2. The summed E-state index contributed by atoms with van der Waals surface area (Å²) >= 11 is 1.31. The first-order valence-electron chi connectivity index (χ1n) is 11.3. The van der Waals surface area contributed by atoms with Gasteiger partial charge in [-0.25, -0.2) is 14.2 Å². The molecule has 0 spiro atoms. The molecule has 0 atom stereocenters. The highest BCUT2D eigenvalue weighted by molar-refractivity contribution is 8.18. The molecule has 8 heteroatoms. The van der Waals surface area contributed by atoms with E-state index in [0.717, 1.165) is 22.6 Å². The molecule has 35 heavy (non-hydrogen) atoms. The number of rotatable bonds is 6. The number of ether oxygens (including phenoxy) is 1. The van der Waals surface area contributed by atoms with Crippen molar-refractivity contribution in [2.24, 2.45) is 4.99 Å². The van der Waals surface area contributed by atoms with Crippen molar-refractivity contribution in [2.45, 2.75) is 27.7 Å². The zero-order valence-corrected chi connectivity index (χ0v) is 20.9. The van der Waals surface area contributed by atoms with Gasteiger partial charge in [-0.1, -0.05) is 0 Å². The van der Waals surface area contributed by atoms with Crippen LogP contribution in [-0.4, -0.2) is 39.7 Å². The first kappa shape index (κ1) is 24.5. The van der Waals surface area contributed by atoms with E-state index in [2.05, 4.69) is 9.56 Å². The lowest BCUT2D eigenvalue weighted by Crippen LogP contribution is -2.28. The highest BCUT2D eigenvalue weighted by Crippen LogP contribution is 2.35. The van der Waals surface area contributed by atoms with Crippen molar-refractivity contribution in [2.75, 3.05) is 13.2 Å². The minimum Gasteiger partial charge on any atom is -0.462 e. The summed E-state index contributed by atoms with van der Waals surface area (Å²) in [6.45, 7) is 8.48. The average Bonchev–Trinajstić information content (AvgIpc) is 3.29. The third-order valence-corrected chi connectivity index (χ3v) is 6.66. The summed E-state index contributed by atoms with van der Waals surface area (Å²) in [6.07, 6.45) is 1.88. The number of hydrogen-bond donors (Lipinski definition) is 0. The van der Waals surface area contributed by atoms with Crippen LogP contribution >= 0.6 is 11.8 Å². The fraction of sp³-hybridized carbons (Fsp3) is 0.222. The second kappa shape index (κ2) is 10.3. The maximum Gasteiger partial charge on any atom is 0.338 e. The SMILES string of the molecule is CCOC(=O)c1ccc(-n2c(C)cc(/C=C3/SC(=Nc4ccc(F)cc4)N(CC)C3=O)c2C)cc1. The molecule has 0 radical (unpaired) electrons. The third-order valence-electron chi connectivity index (χ3n) is 5.65. The molecule has 3 aromatic rings. The fourth-order valence-electron chi connectivity index (χ4n) is 3.93. The van der Waals surface area contributed by atoms with Crippen molar-refractivity contribution < 1.29 is 18.7 Å². The molecule has 4 rings (SSSR count). The topological polar surface area (TPSA) is 63.9 Å². The number of esters is 1. The molecule has 2 aromatic carbocycles. The normalized spacial score (nSPS) is 15.9. The Kier molecular flexibility index (Phi) is 7.21. The Morgan fingerprint density at radius 2 is 1.77 bits per heavy atom. The lowest BCUT2D eigenvalue weighted by molar-refractivity contribution is -0.122. The third kappa shape index (κ3) is 5.07. The van der Waals surface area contributed by atoms with Gasteiger partial charge in [-0.15, -0.1) is 0 Å². The number of halogens is 1. The van der Waals surface area contributed by atoms with Crippen LogP contribution in [-0.2, 0) is 9.53 Å². The standard InChI is InChI=1S/C27H26FN3O3S/c1-5-30-25(32)24(35-27(30)29-22-11-9-21(28)10-12-22)16-20-15-17(3)31(18(20)4)23-13-7-19(8-14-23)26(33)34-6-2/h7-16H,5-6H2,1-4H3/b24-16+,29-27?. The number of thioether (sulfide) groups is 1. The Balaban J connectivity index is 1.64. The van der Waals surface area contributed by atoms with Crippen molar-refractivity contribution in [3.8, 4) is 5.69 Å². The molecule has 2 heterocycles. The molecule has 1 amide bonds. The van der Waals surface area contributed by atoms with Crippen LogP contribution in [0.5, 0.6) is 0 Å². The summed E-state index contributed by atoms with van der Waals surface area (Å²) in [5.41, 5.74) is 4.90. The van der Waals surface area contributed by atoms with E-state index >= 15 is 0 Å². The van der Waals surface area contributed by atoms with Gasteiger partial charge in [-0.3, -0.25) is 9.69 Å². The van der Waals surface area contributed by atoms with E-state index in [-0.39, 0.29) is 17.7 Å². The Bertz CT molecular complexity index is 1320. The molecule has 1 aliphatic heterocycles. The summed E-state index contributed by atoms with van der Waals surface area (Å²) in [6, 6.07) is 15.2.